The third-order valence-corrected chi connectivity index (χ3v) is 7.86. The highest BCUT2D eigenvalue weighted by atomic mass is 35.5. The summed E-state index contributed by atoms with van der Waals surface area (Å²) < 4.78 is 39.7. The molecule has 1 atom stereocenters. The van der Waals surface area contributed by atoms with E-state index in [0.29, 0.717) is 43.6 Å². The number of carbonyl (C=O) groups excluding carboxylic acids is 1. The molecule has 9 nitrogen and oxygen atoms in total. The Bertz CT molecular complexity index is 999. The van der Waals surface area contributed by atoms with E-state index in [1.54, 1.807) is 49.2 Å². The molecule has 1 fully saturated rings. The van der Waals surface area contributed by atoms with E-state index in [1.807, 2.05) is 6.92 Å². The first kappa shape index (κ1) is 28.0. The summed E-state index contributed by atoms with van der Waals surface area (Å²) in [5.41, 5.74) is 2.38. The van der Waals surface area contributed by atoms with Gasteiger partial charge in [0.2, 0.25) is 10.0 Å². The quantitative estimate of drug-likeness (QED) is 0.370. The second-order valence-electron chi connectivity index (χ2n) is 8.00. The number of ether oxygens (including phenoxy) is 2. The maximum absolute atomic E-state index is 13.8. The molecule has 2 N–H and O–H groups in total. The number of hydrogen-bond donors (Lipinski definition) is 2. The Kier molecular flexibility index (Phi) is 10.7. The topological polar surface area (TPSA) is 118 Å². The van der Waals surface area contributed by atoms with Crippen molar-refractivity contribution < 1.29 is 27.9 Å². The van der Waals surface area contributed by atoms with Crippen molar-refractivity contribution in [3.8, 4) is 5.75 Å². The summed E-state index contributed by atoms with van der Waals surface area (Å²) in [4.78, 5) is 16.9. The van der Waals surface area contributed by atoms with Crippen molar-refractivity contribution >= 4 is 28.3 Å². The van der Waals surface area contributed by atoms with Gasteiger partial charge in [-0.15, -0.1) is 12.4 Å². The number of carbonyl (C=O) groups is 1. The van der Waals surface area contributed by atoms with Gasteiger partial charge in [-0.05, 0) is 80.5 Å². The van der Waals surface area contributed by atoms with Crippen LogP contribution in [0.25, 0.3) is 0 Å². The van der Waals surface area contributed by atoms with Gasteiger partial charge in [-0.3, -0.25) is 15.0 Å². The Morgan fingerprint density at radius 3 is 2.29 bits per heavy atom. The molecule has 1 saturated carbocycles. The minimum atomic E-state index is -4.10. The van der Waals surface area contributed by atoms with E-state index in [9.17, 15) is 18.4 Å². The normalized spacial score (nSPS) is 19.2. The molecule has 0 bridgehead atoms. The number of nitrogens with zero attached hydrogens (tertiary/aromatic N) is 2. The lowest BCUT2D eigenvalue weighted by molar-refractivity contribution is -0.136. The summed E-state index contributed by atoms with van der Waals surface area (Å²) in [7, 11) is -2.45. The monoisotopic (exact) mass is 513 g/mol. The van der Waals surface area contributed by atoms with Crippen LogP contribution in [0.4, 0.5) is 0 Å². The molecule has 34 heavy (non-hydrogen) atoms. The molecule has 1 amide bonds. The van der Waals surface area contributed by atoms with Crippen molar-refractivity contribution in [3.63, 3.8) is 0 Å². The molecular weight excluding hydrogens is 482 g/mol. The van der Waals surface area contributed by atoms with Crippen LogP contribution in [0.5, 0.6) is 5.75 Å². The fourth-order valence-electron chi connectivity index (χ4n) is 4.30. The molecule has 1 heterocycles. The van der Waals surface area contributed by atoms with Gasteiger partial charge in [0.15, 0.2) is 0 Å². The molecule has 2 aromatic rings. The molecule has 1 aromatic carbocycles. The van der Waals surface area contributed by atoms with E-state index in [2.05, 4.69) is 4.98 Å². The van der Waals surface area contributed by atoms with Crippen LogP contribution in [0.3, 0.4) is 0 Å². The SMILES string of the molecule is CCOc1ccc(S(=O)(=O)N(Cc2ccncc2)[C@@H](C(=O)NO)C2CCC(OC)CC2)cc1.Cl. The van der Waals surface area contributed by atoms with Gasteiger partial charge >= 0.3 is 0 Å². The summed E-state index contributed by atoms with van der Waals surface area (Å²) in [5.74, 6) is -0.470. The van der Waals surface area contributed by atoms with E-state index >= 15 is 0 Å². The van der Waals surface area contributed by atoms with Crippen molar-refractivity contribution in [2.45, 2.75) is 56.2 Å². The van der Waals surface area contributed by atoms with Gasteiger partial charge in [0.25, 0.3) is 5.91 Å². The molecule has 3 rings (SSSR count). The van der Waals surface area contributed by atoms with E-state index in [-0.39, 0.29) is 35.9 Å². The summed E-state index contributed by atoms with van der Waals surface area (Å²) in [5, 5.41) is 9.51. The lowest BCUT2D eigenvalue weighted by Gasteiger charge is -2.38. The largest absolute Gasteiger partial charge is 0.494 e. The first-order chi connectivity index (χ1) is 15.9. The number of amides is 1. The number of halogens is 1. The Labute approximate surface area is 206 Å². The maximum Gasteiger partial charge on any atom is 0.262 e. The van der Waals surface area contributed by atoms with Crippen LogP contribution in [0.1, 0.15) is 38.2 Å². The number of nitrogens with one attached hydrogen (secondary N) is 1. The van der Waals surface area contributed by atoms with Gasteiger partial charge in [-0.25, -0.2) is 13.9 Å². The molecule has 0 radical (unpaired) electrons. The number of aromatic nitrogens is 1. The molecule has 11 heteroatoms. The number of hydrogen-bond acceptors (Lipinski definition) is 7. The lowest BCUT2D eigenvalue weighted by atomic mass is 9.82. The standard InChI is InChI=1S/C23H31N3O6S.ClH/c1-3-32-20-8-10-21(11-9-20)33(29,30)26(16-17-12-14-24-15-13-17)22(23(27)25-28)18-4-6-19(31-2)7-5-18;/h8-15,18-19,22,28H,3-7,16H2,1-2H3,(H,25,27);1H/t18?,19?,22-;/m1./s1. The van der Waals surface area contributed by atoms with Crippen LogP contribution in [-0.4, -0.2) is 54.7 Å². The molecule has 0 spiro atoms. The Hall–Kier alpha value is -2.24. The first-order valence-corrected chi connectivity index (χ1v) is 12.4. The second kappa shape index (κ2) is 13.0. The smallest absolute Gasteiger partial charge is 0.262 e. The van der Waals surface area contributed by atoms with E-state index < -0.39 is 22.0 Å². The van der Waals surface area contributed by atoms with Gasteiger partial charge in [-0.1, -0.05) is 0 Å². The zero-order valence-electron chi connectivity index (χ0n) is 19.3. The Balaban J connectivity index is 0.00000408. The highest BCUT2D eigenvalue weighted by Crippen LogP contribution is 2.34. The fraction of sp³-hybridized carbons (Fsp3) is 0.478. The summed E-state index contributed by atoms with van der Waals surface area (Å²) >= 11 is 0. The Morgan fingerprint density at radius 1 is 1.15 bits per heavy atom. The van der Waals surface area contributed by atoms with Crippen LogP contribution in [0.15, 0.2) is 53.7 Å². The third kappa shape index (κ3) is 6.67. The number of pyridine rings is 1. The van der Waals surface area contributed by atoms with Crippen molar-refractivity contribution in [2.75, 3.05) is 13.7 Å². The Morgan fingerprint density at radius 2 is 1.76 bits per heavy atom. The van der Waals surface area contributed by atoms with E-state index in [4.69, 9.17) is 9.47 Å². The van der Waals surface area contributed by atoms with Gasteiger partial charge in [0, 0.05) is 26.0 Å². The number of methoxy groups -OCH3 is 1. The molecule has 1 aromatic heterocycles. The van der Waals surface area contributed by atoms with Crippen LogP contribution in [0, 0.1) is 5.92 Å². The summed E-state index contributed by atoms with van der Waals surface area (Å²) in [6, 6.07) is 8.44. The number of sulfonamides is 1. The predicted molar refractivity (Wildman–Crippen MR) is 128 cm³/mol. The summed E-state index contributed by atoms with van der Waals surface area (Å²) in [6.45, 7) is 2.26. The van der Waals surface area contributed by atoms with Gasteiger partial charge in [-0.2, -0.15) is 4.31 Å². The average Bonchev–Trinajstić information content (AvgIpc) is 2.85. The maximum atomic E-state index is 13.8. The van der Waals surface area contributed by atoms with Crippen LogP contribution >= 0.6 is 12.4 Å². The van der Waals surface area contributed by atoms with Crippen molar-refractivity contribution in [2.24, 2.45) is 5.92 Å². The highest BCUT2D eigenvalue weighted by molar-refractivity contribution is 7.89. The molecular formula is C23H32ClN3O6S. The van der Waals surface area contributed by atoms with Crippen molar-refractivity contribution in [1.29, 1.82) is 0 Å². The minimum Gasteiger partial charge on any atom is -0.494 e. The van der Waals surface area contributed by atoms with Crippen LogP contribution in [-0.2, 0) is 26.1 Å². The first-order valence-electron chi connectivity index (χ1n) is 11.0. The number of hydroxylamine groups is 1. The van der Waals surface area contributed by atoms with Crippen molar-refractivity contribution in [3.05, 3.63) is 54.4 Å². The molecule has 1 aliphatic carbocycles. The number of rotatable bonds is 10. The van der Waals surface area contributed by atoms with Gasteiger partial charge < -0.3 is 9.47 Å². The van der Waals surface area contributed by atoms with Gasteiger partial charge in [0.1, 0.15) is 11.8 Å². The second-order valence-corrected chi connectivity index (χ2v) is 9.89. The molecule has 0 unspecified atom stereocenters. The molecule has 1 aliphatic rings. The predicted octanol–water partition coefficient (Wildman–Crippen LogP) is 3.17. The third-order valence-electron chi connectivity index (χ3n) is 6.02. The van der Waals surface area contributed by atoms with Crippen molar-refractivity contribution in [1.82, 2.24) is 14.8 Å². The van der Waals surface area contributed by atoms with Crippen LogP contribution in [0.2, 0.25) is 0 Å². The molecule has 188 valence electrons. The molecule has 0 saturated heterocycles. The van der Waals surface area contributed by atoms with E-state index in [0.717, 1.165) is 0 Å². The molecule has 0 aliphatic heterocycles. The average molecular weight is 514 g/mol. The zero-order chi connectivity index (χ0) is 23.8. The van der Waals surface area contributed by atoms with Gasteiger partial charge in [0.05, 0.1) is 17.6 Å². The number of benzene rings is 1. The van der Waals surface area contributed by atoms with E-state index in [1.165, 1.54) is 16.4 Å². The van der Waals surface area contributed by atoms with Crippen LogP contribution < -0.4 is 10.2 Å². The fourth-order valence-corrected chi connectivity index (χ4v) is 5.93. The lowest BCUT2D eigenvalue weighted by Crippen LogP contribution is -2.53. The summed E-state index contributed by atoms with van der Waals surface area (Å²) in [6.07, 6.45) is 5.84. The minimum absolute atomic E-state index is 0. The highest BCUT2D eigenvalue weighted by Gasteiger charge is 2.42. The zero-order valence-corrected chi connectivity index (χ0v) is 20.9.